The minimum absolute atomic E-state index is 0.102. The van der Waals surface area contributed by atoms with Crippen molar-refractivity contribution in [1.82, 2.24) is 14.6 Å². The van der Waals surface area contributed by atoms with E-state index in [0.29, 0.717) is 0 Å². The number of carbonyl (C=O) groups excluding carboxylic acids is 1. The zero-order valence-electron chi connectivity index (χ0n) is 12.8. The molecule has 0 fully saturated rings. The summed E-state index contributed by atoms with van der Waals surface area (Å²) in [6.07, 6.45) is 1.83. The summed E-state index contributed by atoms with van der Waals surface area (Å²) in [6, 6.07) is 12.1. The molecule has 1 atom stereocenters. The lowest BCUT2D eigenvalue weighted by molar-refractivity contribution is -0.116. The number of hydrogen-bond acceptors (Lipinski definition) is 4. The maximum atomic E-state index is 11.5. The monoisotopic (exact) mass is 311 g/mol. The number of thioether (sulfide) groups is 1. The second-order valence-corrected chi connectivity index (χ2v) is 6.63. The third-order valence-corrected chi connectivity index (χ3v) is 4.74. The number of hydrogen-bond donors (Lipinski definition) is 0. The van der Waals surface area contributed by atoms with Gasteiger partial charge in [0, 0.05) is 11.3 Å². The van der Waals surface area contributed by atoms with Crippen molar-refractivity contribution in [3.63, 3.8) is 0 Å². The average molecular weight is 311 g/mol. The molecule has 112 valence electrons. The Morgan fingerprint density at radius 3 is 2.68 bits per heavy atom. The minimum Gasteiger partial charge on any atom is -0.299 e. The first-order chi connectivity index (χ1) is 10.6. The molecule has 1 aromatic carbocycles. The van der Waals surface area contributed by atoms with Crippen LogP contribution in [0.1, 0.15) is 19.5 Å². The van der Waals surface area contributed by atoms with Crippen LogP contribution in [-0.4, -0.2) is 25.6 Å². The van der Waals surface area contributed by atoms with Gasteiger partial charge in [-0.05, 0) is 32.4 Å². The van der Waals surface area contributed by atoms with E-state index < -0.39 is 0 Å². The SMILES string of the molecule is CC(=O)C(C)Sc1cc(C)nc2c(-c3ccccc3)cnn12. The van der Waals surface area contributed by atoms with Gasteiger partial charge in [-0.15, -0.1) is 0 Å². The summed E-state index contributed by atoms with van der Waals surface area (Å²) in [5.41, 5.74) is 3.83. The van der Waals surface area contributed by atoms with E-state index in [2.05, 4.69) is 10.1 Å². The number of rotatable bonds is 4. The van der Waals surface area contributed by atoms with Gasteiger partial charge < -0.3 is 0 Å². The minimum atomic E-state index is -0.102. The molecule has 0 saturated heterocycles. The van der Waals surface area contributed by atoms with Gasteiger partial charge in [0.25, 0.3) is 0 Å². The third kappa shape index (κ3) is 2.76. The number of nitrogens with zero attached hydrogens (tertiary/aromatic N) is 3. The van der Waals surface area contributed by atoms with Gasteiger partial charge in [-0.2, -0.15) is 5.10 Å². The van der Waals surface area contributed by atoms with Crippen LogP contribution in [0.3, 0.4) is 0 Å². The van der Waals surface area contributed by atoms with E-state index in [1.54, 1.807) is 6.92 Å². The van der Waals surface area contributed by atoms with Crippen LogP contribution in [0.25, 0.3) is 16.8 Å². The maximum absolute atomic E-state index is 11.5. The van der Waals surface area contributed by atoms with E-state index >= 15 is 0 Å². The molecule has 4 nitrogen and oxygen atoms in total. The van der Waals surface area contributed by atoms with E-state index in [4.69, 9.17) is 0 Å². The molecule has 0 spiro atoms. The highest BCUT2D eigenvalue weighted by atomic mass is 32.2. The topological polar surface area (TPSA) is 47.3 Å². The highest BCUT2D eigenvalue weighted by Crippen LogP contribution is 2.29. The average Bonchev–Trinajstić information content (AvgIpc) is 2.91. The molecule has 0 bridgehead atoms. The highest BCUT2D eigenvalue weighted by molar-refractivity contribution is 8.00. The van der Waals surface area contributed by atoms with E-state index in [1.165, 1.54) is 11.8 Å². The van der Waals surface area contributed by atoms with Crippen molar-refractivity contribution in [2.24, 2.45) is 0 Å². The summed E-state index contributed by atoms with van der Waals surface area (Å²) in [5, 5.41) is 5.31. The van der Waals surface area contributed by atoms with Crippen molar-refractivity contribution in [2.75, 3.05) is 0 Å². The quantitative estimate of drug-likeness (QED) is 0.543. The van der Waals surface area contributed by atoms with Gasteiger partial charge >= 0.3 is 0 Å². The molecule has 0 aliphatic rings. The maximum Gasteiger partial charge on any atom is 0.164 e. The molecule has 5 heteroatoms. The molecular formula is C17H17N3OS. The van der Waals surface area contributed by atoms with Crippen molar-refractivity contribution < 1.29 is 4.79 Å². The predicted octanol–water partition coefficient (Wildman–Crippen LogP) is 3.77. The van der Waals surface area contributed by atoms with Crippen LogP contribution in [0, 0.1) is 6.92 Å². The van der Waals surface area contributed by atoms with Crippen LogP contribution < -0.4 is 0 Å². The first-order valence-corrected chi connectivity index (χ1v) is 8.02. The molecule has 0 aliphatic heterocycles. The van der Waals surface area contributed by atoms with Gasteiger partial charge in [0.05, 0.1) is 11.4 Å². The molecule has 3 aromatic rings. The summed E-state index contributed by atoms with van der Waals surface area (Å²) in [7, 11) is 0. The summed E-state index contributed by atoms with van der Waals surface area (Å²) in [4.78, 5) is 16.2. The van der Waals surface area contributed by atoms with Crippen molar-refractivity contribution >= 4 is 23.2 Å². The number of aromatic nitrogens is 3. The Morgan fingerprint density at radius 1 is 1.27 bits per heavy atom. The fourth-order valence-corrected chi connectivity index (χ4v) is 3.22. The first kappa shape index (κ1) is 14.8. The van der Waals surface area contributed by atoms with Gasteiger partial charge in [0.2, 0.25) is 0 Å². The molecule has 22 heavy (non-hydrogen) atoms. The van der Waals surface area contributed by atoms with Gasteiger partial charge in [0.1, 0.15) is 10.8 Å². The van der Waals surface area contributed by atoms with Crippen molar-refractivity contribution in [3.05, 3.63) is 48.3 Å². The lowest BCUT2D eigenvalue weighted by atomic mass is 10.1. The molecule has 2 heterocycles. The van der Waals surface area contributed by atoms with Crippen LogP contribution in [0.2, 0.25) is 0 Å². The fourth-order valence-electron chi connectivity index (χ4n) is 2.22. The number of fused-ring (bicyclic) bond motifs is 1. The molecule has 0 N–H and O–H groups in total. The van der Waals surface area contributed by atoms with E-state index in [-0.39, 0.29) is 11.0 Å². The first-order valence-electron chi connectivity index (χ1n) is 7.14. The van der Waals surface area contributed by atoms with Gasteiger partial charge in [-0.25, -0.2) is 9.50 Å². The summed E-state index contributed by atoms with van der Waals surface area (Å²) < 4.78 is 1.82. The normalized spacial score (nSPS) is 12.5. The zero-order valence-corrected chi connectivity index (χ0v) is 13.6. The Hall–Kier alpha value is -2.14. The Balaban J connectivity index is 2.13. The van der Waals surface area contributed by atoms with Crippen LogP contribution in [0.5, 0.6) is 0 Å². The van der Waals surface area contributed by atoms with E-state index in [1.807, 2.05) is 61.0 Å². The Morgan fingerprint density at radius 2 is 2.00 bits per heavy atom. The Kier molecular flexibility index (Phi) is 3.98. The fraction of sp³-hybridized carbons (Fsp3) is 0.235. The van der Waals surface area contributed by atoms with E-state index in [0.717, 1.165) is 27.5 Å². The highest BCUT2D eigenvalue weighted by Gasteiger charge is 2.16. The number of ketones is 1. The molecule has 2 aromatic heterocycles. The van der Waals surface area contributed by atoms with Crippen molar-refractivity contribution in [3.8, 4) is 11.1 Å². The van der Waals surface area contributed by atoms with Crippen LogP contribution in [-0.2, 0) is 4.79 Å². The molecule has 0 amide bonds. The lowest BCUT2D eigenvalue weighted by Crippen LogP contribution is -2.09. The predicted molar refractivity (Wildman–Crippen MR) is 89.2 cm³/mol. The smallest absolute Gasteiger partial charge is 0.164 e. The molecular weight excluding hydrogens is 294 g/mol. The van der Waals surface area contributed by atoms with Crippen LogP contribution in [0.15, 0.2) is 47.6 Å². The molecule has 0 saturated carbocycles. The molecule has 0 radical (unpaired) electrons. The summed E-state index contributed by atoms with van der Waals surface area (Å²) in [5.74, 6) is 0.156. The number of benzene rings is 1. The summed E-state index contributed by atoms with van der Waals surface area (Å²) >= 11 is 1.51. The van der Waals surface area contributed by atoms with Crippen molar-refractivity contribution in [2.45, 2.75) is 31.0 Å². The number of aryl methyl sites for hydroxylation is 1. The largest absolute Gasteiger partial charge is 0.299 e. The van der Waals surface area contributed by atoms with Crippen LogP contribution >= 0.6 is 11.8 Å². The third-order valence-electron chi connectivity index (χ3n) is 3.52. The second kappa shape index (κ2) is 5.93. The second-order valence-electron chi connectivity index (χ2n) is 5.27. The van der Waals surface area contributed by atoms with Gasteiger partial charge in [-0.1, -0.05) is 42.1 Å². The number of Topliss-reactive ketones (excluding diaryl/α,β-unsaturated/α-hetero) is 1. The molecule has 3 rings (SSSR count). The standard InChI is InChI=1S/C17H17N3OS/c1-11-9-16(22-13(3)12(2)21)20-17(19-11)15(10-18-20)14-7-5-4-6-8-14/h4-10,13H,1-3H3. The Bertz CT molecular complexity index is 827. The van der Waals surface area contributed by atoms with Gasteiger partial charge in [0.15, 0.2) is 5.65 Å². The zero-order chi connectivity index (χ0) is 15.7. The molecule has 1 unspecified atom stereocenters. The Labute approximate surface area is 133 Å². The summed E-state index contributed by atoms with van der Waals surface area (Å²) in [6.45, 7) is 5.49. The van der Waals surface area contributed by atoms with Crippen LogP contribution in [0.4, 0.5) is 0 Å². The van der Waals surface area contributed by atoms with E-state index in [9.17, 15) is 4.79 Å². The number of carbonyl (C=O) groups is 1. The molecule has 0 aliphatic carbocycles. The lowest BCUT2D eigenvalue weighted by Gasteiger charge is -2.10. The van der Waals surface area contributed by atoms with Crippen molar-refractivity contribution in [1.29, 1.82) is 0 Å². The van der Waals surface area contributed by atoms with Gasteiger partial charge in [-0.3, -0.25) is 4.79 Å².